The monoisotopic (exact) mass is 314 g/mol. The number of rotatable bonds is 4. The van der Waals surface area contributed by atoms with Gasteiger partial charge in [-0.05, 0) is 37.3 Å². The molecule has 1 aliphatic rings. The Kier molecular flexibility index (Phi) is 5.19. The van der Waals surface area contributed by atoms with Crippen LogP contribution in [0.5, 0.6) is 0 Å². The number of carbonyl (C=O) groups is 1. The number of hydrogen-bond donors (Lipinski definition) is 2. The van der Waals surface area contributed by atoms with Crippen LogP contribution in [-0.2, 0) is 9.47 Å². The molecule has 7 nitrogen and oxygen atoms in total. The predicted octanol–water partition coefficient (Wildman–Crippen LogP) is 1.87. The normalized spacial score (nSPS) is 21.9. The number of hydrogen-bond acceptors (Lipinski definition) is 7. The lowest BCUT2D eigenvalue weighted by Gasteiger charge is -2.28. The Hall–Kier alpha value is -1.60. The first-order chi connectivity index (χ1) is 10.0. The number of nitrogen functional groups attached to an aromatic ring is 1. The number of nitrogens with zero attached hydrogens (tertiary/aromatic N) is 2. The first kappa shape index (κ1) is 15.8. The van der Waals surface area contributed by atoms with Crippen molar-refractivity contribution in [1.29, 1.82) is 0 Å². The highest BCUT2D eigenvalue weighted by molar-refractivity contribution is 6.28. The highest BCUT2D eigenvalue weighted by Gasteiger charge is 2.24. The minimum Gasteiger partial charge on any atom is -0.464 e. The van der Waals surface area contributed by atoms with Gasteiger partial charge in [-0.3, -0.25) is 0 Å². The van der Waals surface area contributed by atoms with Gasteiger partial charge >= 0.3 is 5.97 Å². The molecule has 0 saturated heterocycles. The number of anilines is 2. The Balaban J connectivity index is 2.13. The molecule has 1 fully saturated rings. The van der Waals surface area contributed by atoms with Crippen LogP contribution in [0, 0.1) is 0 Å². The van der Waals surface area contributed by atoms with Crippen molar-refractivity contribution in [1.82, 2.24) is 9.97 Å². The Labute approximate surface area is 128 Å². The van der Waals surface area contributed by atoms with Gasteiger partial charge in [-0.25, -0.2) is 9.78 Å². The summed E-state index contributed by atoms with van der Waals surface area (Å²) in [5.74, 6) is -0.265. The average molecular weight is 315 g/mol. The lowest BCUT2D eigenvalue weighted by Crippen LogP contribution is -2.30. The number of carbonyl (C=O) groups excluding carboxylic acids is 1. The predicted molar refractivity (Wildman–Crippen MR) is 79.5 cm³/mol. The first-order valence-corrected chi connectivity index (χ1v) is 7.13. The van der Waals surface area contributed by atoms with Gasteiger partial charge < -0.3 is 20.5 Å². The summed E-state index contributed by atoms with van der Waals surface area (Å²) in [6.45, 7) is 0. The van der Waals surface area contributed by atoms with Crippen molar-refractivity contribution < 1.29 is 14.3 Å². The molecule has 1 aliphatic carbocycles. The zero-order valence-electron chi connectivity index (χ0n) is 12.1. The Morgan fingerprint density at radius 3 is 2.52 bits per heavy atom. The average Bonchev–Trinajstić information content (AvgIpc) is 2.50. The van der Waals surface area contributed by atoms with Gasteiger partial charge in [0, 0.05) is 13.2 Å². The molecule has 3 N–H and O–H groups in total. The molecule has 0 aromatic carbocycles. The van der Waals surface area contributed by atoms with Crippen molar-refractivity contribution in [3.63, 3.8) is 0 Å². The first-order valence-electron chi connectivity index (χ1n) is 6.75. The summed E-state index contributed by atoms with van der Waals surface area (Å²) in [6, 6.07) is 0.218. The third kappa shape index (κ3) is 3.74. The van der Waals surface area contributed by atoms with E-state index in [-0.39, 0.29) is 22.7 Å². The van der Waals surface area contributed by atoms with Crippen LogP contribution in [0.3, 0.4) is 0 Å². The largest absolute Gasteiger partial charge is 0.464 e. The lowest BCUT2D eigenvalue weighted by molar-refractivity contribution is 0.0595. The molecule has 1 aromatic heterocycles. The van der Waals surface area contributed by atoms with E-state index in [0.717, 1.165) is 25.7 Å². The molecule has 2 rings (SSSR count). The zero-order chi connectivity index (χ0) is 15.4. The summed E-state index contributed by atoms with van der Waals surface area (Å²) in [5, 5.41) is 3.19. The molecule has 0 bridgehead atoms. The molecule has 1 saturated carbocycles. The van der Waals surface area contributed by atoms with Crippen LogP contribution in [0.1, 0.15) is 36.2 Å². The fraction of sp³-hybridized carbons (Fsp3) is 0.615. The van der Waals surface area contributed by atoms with E-state index in [2.05, 4.69) is 20.0 Å². The second-order valence-electron chi connectivity index (χ2n) is 4.95. The molecule has 8 heteroatoms. The maximum absolute atomic E-state index is 11.6. The summed E-state index contributed by atoms with van der Waals surface area (Å²) in [7, 11) is 2.99. The van der Waals surface area contributed by atoms with Gasteiger partial charge in [-0.15, -0.1) is 0 Å². The Morgan fingerprint density at radius 2 is 1.95 bits per heavy atom. The summed E-state index contributed by atoms with van der Waals surface area (Å²) >= 11 is 5.84. The summed E-state index contributed by atoms with van der Waals surface area (Å²) < 4.78 is 9.97. The molecular formula is C13H19ClN4O3. The van der Waals surface area contributed by atoms with Crippen molar-refractivity contribution in [2.45, 2.75) is 37.8 Å². The van der Waals surface area contributed by atoms with Gasteiger partial charge in [0.2, 0.25) is 5.28 Å². The van der Waals surface area contributed by atoms with E-state index in [9.17, 15) is 4.79 Å². The summed E-state index contributed by atoms with van der Waals surface area (Å²) in [4.78, 5) is 19.5. The van der Waals surface area contributed by atoms with Crippen LogP contribution in [0.4, 0.5) is 11.5 Å². The molecule has 0 unspecified atom stereocenters. The number of nitrogens with one attached hydrogen (secondary N) is 1. The Bertz CT molecular complexity index is 518. The molecule has 21 heavy (non-hydrogen) atoms. The smallest absolute Gasteiger partial charge is 0.359 e. The number of aromatic nitrogens is 2. The van der Waals surface area contributed by atoms with Crippen LogP contribution in [0.2, 0.25) is 5.28 Å². The van der Waals surface area contributed by atoms with Crippen LogP contribution in [-0.4, -0.2) is 42.3 Å². The van der Waals surface area contributed by atoms with Crippen LogP contribution < -0.4 is 11.1 Å². The number of ether oxygens (including phenoxy) is 2. The minimum absolute atomic E-state index is 0.0226. The number of methoxy groups -OCH3 is 2. The van der Waals surface area contributed by atoms with Crippen molar-refractivity contribution in [2.24, 2.45) is 0 Å². The molecule has 0 aliphatic heterocycles. The quantitative estimate of drug-likeness (QED) is 0.646. The number of esters is 1. The maximum Gasteiger partial charge on any atom is 0.359 e. The van der Waals surface area contributed by atoms with Gasteiger partial charge in [-0.1, -0.05) is 0 Å². The van der Waals surface area contributed by atoms with Crippen LogP contribution in [0.25, 0.3) is 0 Å². The molecule has 1 aromatic rings. The molecule has 0 amide bonds. The van der Waals surface area contributed by atoms with Gasteiger partial charge in [-0.2, -0.15) is 4.98 Å². The van der Waals surface area contributed by atoms with Crippen molar-refractivity contribution in [3.8, 4) is 0 Å². The Morgan fingerprint density at radius 1 is 1.29 bits per heavy atom. The molecule has 116 valence electrons. The van der Waals surface area contributed by atoms with Crippen molar-refractivity contribution >= 4 is 29.1 Å². The van der Waals surface area contributed by atoms with E-state index >= 15 is 0 Å². The highest BCUT2D eigenvalue weighted by Crippen LogP contribution is 2.27. The SMILES string of the molecule is COC(=O)c1nc(Cl)nc(N[C@H]2CC[C@H](OC)CC2)c1N. The fourth-order valence-corrected chi connectivity index (χ4v) is 2.61. The highest BCUT2D eigenvalue weighted by atomic mass is 35.5. The van der Waals surface area contributed by atoms with Crippen molar-refractivity contribution in [2.75, 3.05) is 25.3 Å². The minimum atomic E-state index is -0.636. The third-order valence-electron chi connectivity index (χ3n) is 3.65. The lowest BCUT2D eigenvalue weighted by atomic mass is 9.93. The van der Waals surface area contributed by atoms with Crippen LogP contribution in [0.15, 0.2) is 0 Å². The molecule has 0 radical (unpaired) electrons. The van der Waals surface area contributed by atoms with Gasteiger partial charge in [0.1, 0.15) is 5.69 Å². The van der Waals surface area contributed by atoms with Gasteiger partial charge in [0.15, 0.2) is 11.5 Å². The molecule has 0 spiro atoms. The summed E-state index contributed by atoms with van der Waals surface area (Å²) in [5.41, 5.74) is 6.06. The van der Waals surface area contributed by atoms with E-state index in [4.69, 9.17) is 22.1 Å². The van der Waals surface area contributed by atoms with E-state index in [1.165, 1.54) is 7.11 Å². The van der Waals surface area contributed by atoms with E-state index in [1.54, 1.807) is 7.11 Å². The molecule has 0 atom stereocenters. The van der Waals surface area contributed by atoms with Gasteiger partial charge in [0.25, 0.3) is 0 Å². The molecule has 1 heterocycles. The van der Waals surface area contributed by atoms with E-state index < -0.39 is 5.97 Å². The summed E-state index contributed by atoms with van der Waals surface area (Å²) in [6.07, 6.45) is 4.12. The molecular weight excluding hydrogens is 296 g/mol. The zero-order valence-corrected chi connectivity index (χ0v) is 12.8. The maximum atomic E-state index is 11.6. The topological polar surface area (TPSA) is 99.4 Å². The van der Waals surface area contributed by atoms with Gasteiger partial charge in [0.05, 0.1) is 13.2 Å². The standard InChI is InChI=1S/C13H19ClN4O3/c1-20-8-5-3-7(4-6-8)16-11-9(15)10(12(19)21-2)17-13(14)18-11/h7-8H,3-6,15H2,1-2H3,(H,16,17,18)/t7-,8-. The second kappa shape index (κ2) is 6.91. The second-order valence-corrected chi connectivity index (χ2v) is 5.29. The van der Waals surface area contributed by atoms with Crippen molar-refractivity contribution in [3.05, 3.63) is 11.0 Å². The fourth-order valence-electron chi connectivity index (χ4n) is 2.44. The third-order valence-corrected chi connectivity index (χ3v) is 3.81. The van der Waals surface area contributed by atoms with Crippen LogP contribution >= 0.6 is 11.6 Å². The number of nitrogens with two attached hydrogens (primary N) is 1. The van der Waals surface area contributed by atoms with E-state index in [1.807, 2.05) is 0 Å². The number of halogens is 1. The van der Waals surface area contributed by atoms with E-state index in [0.29, 0.717) is 11.9 Å².